The molecule has 0 radical (unpaired) electrons. The Hall–Kier alpha value is -2.22. The van der Waals surface area contributed by atoms with Gasteiger partial charge in [-0.25, -0.2) is 5.10 Å². The van der Waals surface area contributed by atoms with Crippen molar-refractivity contribution >= 4 is 23.6 Å². The number of nitrogens with one attached hydrogen (secondary N) is 2. The van der Waals surface area contributed by atoms with Crippen LogP contribution >= 0.6 is 11.8 Å². The smallest absolute Gasteiger partial charge is 0.267 e. The van der Waals surface area contributed by atoms with E-state index in [9.17, 15) is 4.79 Å². The lowest BCUT2D eigenvalue weighted by atomic mass is 10.3. The topological polar surface area (TPSA) is 89.1 Å². The minimum absolute atomic E-state index is 0.306. The molecule has 0 saturated heterocycles. The molecule has 0 bridgehead atoms. The van der Waals surface area contributed by atoms with Gasteiger partial charge in [-0.05, 0) is 36.9 Å². The van der Waals surface area contributed by atoms with E-state index in [4.69, 9.17) is 9.47 Å². The molecule has 1 unspecified atom stereocenters. The van der Waals surface area contributed by atoms with Crippen molar-refractivity contribution < 1.29 is 14.3 Å². The van der Waals surface area contributed by atoms with E-state index in [0.717, 1.165) is 11.5 Å². The summed E-state index contributed by atoms with van der Waals surface area (Å²) in [6.45, 7) is 3.67. The van der Waals surface area contributed by atoms with Crippen molar-refractivity contribution in [1.29, 1.82) is 0 Å². The highest BCUT2D eigenvalue weighted by molar-refractivity contribution is 7.99. The molecule has 0 fully saturated rings. The Labute approximate surface area is 132 Å². The van der Waals surface area contributed by atoms with Gasteiger partial charge >= 0.3 is 0 Å². The van der Waals surface area contributed by atoms with E-state index in [1.54, 1.807) is 38.3 Å². The molecule has 0 spiro atoms. The molecule has 0 aliphatic heterocycles. The van der Waals surface area contributed by atoms with E-state index in [-0.39, 0.29) is 5.91 Å². The van der Waals surface area contributed by atoms with E-state index in [1.165, 1.54) is 11.8 Å². The van der Waals surface area contributed by atoms with Crippen LogP contribution in [0, 0.1) is 0 Å². The maximum absolute atomic E-state index is 12.1. The lowest BCUT2D eigenvalue weighted by molar-refractivity contribution is -0.122. The third-order valence-corrected chi connectivity index (χ3v) is 3.45. The third kappa shape index (κ3) is 4.39. The van der Waals surface area contributed by atoms with E-state index in [1.807, 2.05) is 6.92 Å². The van der Waals surface area contributed by atoms with Gasteiger partial charge in [0.05, 0.1) is 7.11 Å². The Bertz CT molecular complexity index is 615. The molecule has 0 saturated carbocycles. The Kier molecular flexibility index (Phi) is 5.65. The second-order valence-electron chi connectivity index (χ2n) is 4.32. The second-order valence-corrected chi connectivity index (χ2v) is 5.56. The molecule has 1 amide bonds. The van der Waals surface area contributed by atoms with Gasteiger partial charge in [0.1, 0.15) is 11.5 Å². The van der Waals surface area contributed by atoms with Gasteiger partial charge in [0.15, 0.2) is 6.10 Å². The maximum atomic E-state index is 12.1. The summed E-state index contributed by atoms with van der Waals surface area (Å²) in [4.78, 5) is 16.2. The largest absolute Gasteiger partial charge is 0.497 e. The summed E-state index contributed by atoms with van der Waals surface area (Å²) in [5.74, 6) is 2.18. The van der Waals surface area contributed by atoms with Crippen LogP contribution < -0.4 is 14.8 Å². The average Bonchev–Trinajstić information content (AvgIpc) is 2.95. The first-order chi connectivity index (χ1) is 10.6. The Morgan fingerprint density at radius 2 is 2.05 bits per heavy atom. The molecule has 2 rings (SSSR count). The molecule has 118 valence electrons. The van der Waals surface area contributed by atoms with Gasteiger partial charge in [-0.3, -0.25) is 10.1 Å². The summed E-state index contributed by atoms with van der Waals surface area (Å²) in [5.41, 5.74) is 0. The summed E-state index contributed by atoms with van der Waals surface area (Å²) in [6, 6.07) is 7.02. The number of hydrogen-bond acceptors (Lipinski definition) is 6. The van der Waals surface area contributed by atoms with Gasteiger partial charge < -0.3 is 9.47 Å². The molecule has 1 atom stereocenters. The quantitative estimate of drug-likeness (QED) is 0.761. The number of thioether (sulfide) groups is 1. The molecule has 1 aromatic heterocycles. The van der Waals surface area contributed by atoms with Crippen LogP contribution in [0.1, 0.15) is 13.8 Å². The number of rotatable bonds is 7. The number of benzene rings is 1. The van der Waals surface area contributed by atoms with Gasteiger partial charge in [-0.1, -0.05) is 18.7 Å². The zero-order valence-electron chi connectivity index (χ0n) is 12.6. The highest BCUT2D eigenvalue weighted by Gasteiger charge is 2.16. The van der Waals surface area contributed by atoms with E-state index >= 15 is 0 Å². The maximum Gasteiger partial charge on any atom is 0.267 e. The van der Waals surface area contributed by atoms with E-state index in [2.05, 4.69) is 20.5 Å². The predicted octanol–water partition coefficient (Wildman–Crippen LogP) is 2.33. The molecule has 7 nitrogen and oxygen atoms in total. The number of hydrogen-bond donors (Lipinski definition) is 2. The lowest BCUT2D eigenvalue weighted by Crippen LogP contribution is -2.30. The zero-order chi connectivity index (χ0) is 15.9. The summed E-state index contributed by atoms with van der Waals surface area (Å²) in [6.07, 6.45) is -0.666. The number of carbonyl (C=O) groups is 1. The minimum atomic E-state index is -0.666. The van der Waals surface area contributed by atoms with Crippen LogP contribution in [0.4, 0.5) is 5.95 Å². The number of anilines is 1. The lowest BCUT2D eigenvalue weighted by Gasteiger charge is -2.13. The van der Waals surface area contributed by atoms with Crippen molar-refractivity contribution in [2.24, 2.45) is 0 Å². The first kappa shape index (κ1) is 16.2. The number of carbonyl (C=O) groups excluding carboxylic acids is 1. The van der Waals surface area contributed by atoms with Gasteiger partial charge in [0.25, 0.3) is 5.91 Å². The van der Waals surface area contributed by atoms with Crippen molar-refractivity contribution in [3.05, 3.63) is 24.3 Å². The molecule has 1 aromatic carbocycles. The van der Waals surface area contributed by atoms with Crippen LogP contribution in [0.2, 0.25) is 0 Å². The zero-order valence-corrected chi connectivity index (χ0v) is 13.4. The van der Waals surface area contributed by atoms with Crippen LogP contribution in [-0.4, -0.2) is 40.1 Å². The predicted molar refractivity (Wildman–Crippen MR) is 84.5 cm³/mol. The monoisotopic (exact) mass is 322 g/mol. The van der Waals surface area contributed by atoms with Crippen molar-refractivity contribution in [2.45, 2.75) is 25.1 Å². The average molecular weight is 322 g/mol. The Balaban J connectivity index is 1.90. The molecular formula is C14H18N4O3S. The number of aromatic nitrogens is 3. The van der Waals surface area contributed by atoms with Crippen molar-refractivity contribution in [3.63, 3.8) is 0 Å². The number of amides is 1. The third-order valence-electron chi connectivity index (χ3n) is 2.72. The SMILES string of the molecule is CCSc1n[nH]c(NC(=O)C(C)Oc2ccc(OC)cc2)n1. The standard InChI is InChI=1S/C14H18N4O3S/c1-4-22-14-16-13(17-18-14)15-12(19)9(2)21-11-7-5-10(20-3)6-8-11/h5-9H,4H2,1-3H3,(H2,15,16,17,18,19). The molecule has 0 aliphatic rings. The molecule has 0 aliphatic carbocycles. The minimum Gasteiger partial charge on any atom is -0.497 e. The van der Waals surface area contributed by atoms with Gasteiger partial charge in [-0.15, -0.1) is 5.10 Å². The number of aromatic amines is 1. The fourth-order valence-corrected chi connectivity index (χ4v) is 2.15. The molecule has 2 aromatic rings. The van der Waals surface area contributed by atoms with E-state index < -0.39 is 6.10 Å². The number of ether oxygens (including phenoxy) is 2. The van der Waals surface area contributed by atoms with Gasteiger partial charge in [-0.2, -0.15) is 4.98 Å². The normalized spacial score (nSPS) is 11.8. The highest BCUT2D eigenvalue weighted by atomic mass is 32.2. The summed E-state index contributed by atoms with van der Waals surface area (Å²) >= 11 is 1.49. The van der Waals surface area contributed by atoms with Gasteiger partial charge in [0.2, 0.25) is 11.1 Å². The summed E-state index contributed by atoms with van der Waals surface area (Å²) < 4.78 is 10.6. The second kappa shape index (κ2) is 7.69. The fourth-order valence-electron chi connectivity index (χ4n) is 1.63. The number of methoxy groups -OCH3 is 1. The molecule has 1 heterocycles. The molecule has 22 heavy (non-hydrogen) atoms. The van der Waals surface area contributed by atoms with Crippen LogP contribution in [0.5, 0.6) is 11.5 Å². The van der Waals surface area contributed by atoms with Crippen molar-refractivity contribution in [1.82, 2.24) is 15.2 Å². The number of H-pyrrole nitrogens is 1. The summed E-state index contributed by atoms with van der Waals surface area (Å²) in [7, 11) is 1.59. The first-order valence-corrected chi connectivity index (χ1v) is 7.77. The van der Waals surface area contributed by atoms with Crippen molar-refractivity contribution in [2.75, 3.05) is 18.2 Å². The van der Waals surface area contributed by atoms with Gasteiger partial charge in [0, 0.05) is 0 Å². The Morgan fingerprint density at radius 1 is 1.36 bits per heavy atom. The Morgan fingerprint density at radius 3 is 2.68 bits per heavy atom. The van der Waals surface area contributed by atoms with Crippen LogP contribution in [0.3, 0.4) is 0 Å². The first-order valence-electron chi connectivity index (χ1n) is 6.79. The number of nitrogens with zero attached hydrogens (tertiary/aromatic N) is 2. The fraction of sp³-hybridized carbons (Fsp3) is 0.357. The summed E-state index contributed by atoms with van der Waals surface area (Å²) in [5, 5.41) is 9.88. The van der Waals surface area contributed by atoms with Crippen LogP contribution in [0.15, 0.2) is 29.4 Å². The molecule has 2 N–H and O–H groups in total. The highest BCUT2D eigenvalue weighted by Crippen LogP contribution is 2.18. The van der Waals surface area contributed by atoms with Crippen LogP contribution in [0.25, 0.3) is 0 Å². The van der Waals surface area contributed by atoms with E-state index in [0.29, 0.717) is 16.9 Å². The molecular weight excluding hydrogens is 304 g/mol. The molecule has 8 heteroatoms. The van der Waals surface area contributed by atoms with Crippen LogP contribution in [-0.2, 0) is 4.79 Å². The van der Waals surface area contributed by atoms with Crippen molar-refractivity contribution in [3.8, 4) is 11.5 Å².